The summed E-state index contributed by atoms with van der Waals surface area (Å²) in [6.07, 6.45) is 3.47. The minimum Gasteiger partial charge on any atom is -0.374 e. The van der Waals surface area contributed by atoms with Crippen LogP contribution < -0.4 is 4.90 Å². The number of halogens is 1. The fourth-order valence-electron chi connectivity index (χ4n) is 2.34. The minimum absolute atomic E-state index is 0.765. The molecule has 0 atom stereocenters. The zero-order valence-corrected chi connectivity index (χ0v) is 12.5. The van der Waals surface area contributed by atoms with Gasteiger partial charge in [-0.15, -0.1) is 11.6 Å². The Hall–Kier alpha value is -1.28. The highest BCUT2D eigenvalue weighted by Crippen LogP contribution is 2.26. The van der Waals surface area contributed by atoms with E-state index in [1.54, 1.807) is 0 Å². The number of para-hydroxylation sites is 1. The maximum atomic E-state index is 5.71. The average molecular weight is 277 g/mol. The smallest absolute Gasteiger partial charge is 0.0726 e. The molecule has 1 aromatic carbocycles. The molecule has 0 spiro atoms. The lowest BCUT2D eigenvalue weighted by Crippen LogP contribution is -2.19. The topological polar surface area (TPSA) is 16.1 Å². The molecule has 0 aliphatic heterocycles. The molecule has 3 heteroatoms. The van der Waals surface area contributed by atoms with Crippen molar-refractivity contribution in [3.63, 3.8) is 0 Å². The standard InChI is InChI=1S/C16H21ClN2/c1-13-12-16(19(2)11-7-3-6-10-17)14-8-4-5-9-15(14)18-13/h4-5,8-9,12H,3,6-7,10-11H2,1-2H3. The number of hydrogen-bond acceptors (Lipinski definition) is 2. The van der Waals surface area contributed by atoms with Crippen LogP contribution in [0.1, 0.15) is 25.0 Å². The van der Waals surface area contributed by atoms with Gasteiger partial charge in [-0.05, 0) is 31.9 Å². The van der Waals surface area contributed by atoms with Crippen molar-refractivity contribution in [3.05, 3.63) is 36.0 Å². The summed E-state index contributed by atoms with van der Waals surface area (Å²) < 4.78 is 0. The normalized spacial score (nSPS) is 10.9. The molecule has 2 rings (SSSR count). The van der Waals surface area contributed by atoms with Gasteiger partial charge < -0.3 is 4.90 Å². The fraction of sp³-hybridized carbons (Fsp3) is 0.438. The van der Waals surface area contributed by atoms with E-state index in [-0.39, 0.29) is 0 Å². The summed E-state index contributed by atoms with van der Waals surface area (Å²) in [4.78, 5) is 6.91. The third-order valence-electron chi connectivity index (χ3n) is 3.36. The van der Waals surface area contributed by atoms with Gasteiger partial charge in [-0.3, -0.25) is 4.98 Å². The molecule has 2 nitrogen and oxygen atoms in total. The van der Waals surface area contributed by atoms with Crippen molar-refractivity contribution in [2.24, 2.45) is 0 Å². The van der Waals surface area contributed by atoms with Crippen LogP contribution in [-0.2, 0) is 0 Å². The van der Waals surface area contributed by atoms with Gasteiger partial charge in [0.1, 0.15) is 0 Å². The number of hydrogen-bond donors (Lipinski definition) is 0. The molecule has 0 radical (unpaired) electrons. The van der Waals surface area contributed by atoms with Gasteiger partial charge in [0.2, 0.25) is 0 Å². The predicted molar refractivity (Wildman–Crippen MR) is 84.3 cm³/mol. The van der Waals surface area contributed by atoms with Gasteiger partial charge in [-0.1, -0.05) is 24.6 Å². The Kier molecular flexibility index (Phi) is 5.03. The molecule has 0 bridgehead atoms. The van der Waals surface area contributed by atoms with Gasteiger partial charge in [0.25, 0.3) is 0 Å². The van der Waals surface area contributed by atoms with Crippen molar-refractivity contribution < 1.29 is 0 Å². The van der Waals surface area contributed by atoms with Crippen molar-refractivity contribution >= 4 is 28.2 Å². The van der Waals surface area contributed by atoms with E-state index in [9.17, 15) is 0 Å². The van der Waals surface area contributed by atoms with Gasteiger partial charge in [-0.25, -0.2) is 0 Å². The summed E-state index contributed by atoms with van der Waals surface area (Å²) in [7, 11) is 2.15. The number of nitrogens with zero attached hydrogens (tertiary/aromatic N) is 2. The zero-order valence-electron chi connectivity index (χ0n) is 11.7. The monoisotopic (exact) mass is 276 g/mol. The fourth-order valence-corrected chi connectivity index (χ4v) is 2.53. The molecule has 2 aromatic rings. The Morgan fingerprint density at radius 3 is 2.74 bits per heavy atom. The molecule has 0 N–H and O–H groups in total. The largest absolute Gasteiger partial charge is 0.374 e. The predicted octanol–water partition coefficient (Wildman–Crippen LogP) is 4.39. The first-order valence-corrected chi connectivity index (χ1v) is 7.39. The van der Waals surface area contributed by atoms with Crippen LogP contribution >= 0.6 is 11.6 Å². The first-order valence-electron chi connectivity index (χ1n) is 6.86. The lowest BCUT2D eigenvalue weighted by molar-refractivity contribution is 0.708. The van der Waals surface area contributed by atoms with Crippen molar-refractivity contribution in [1.82, 2.24) is 4.98 Å². The second-order valence-electron chi connectivity index (χ2n) is 4.97. The molecule has 19 heavy (non-hydrogen) atoms. The second kappa shape index (κ2) is 6.76. The van der Waals surface area contributed by atoms with E-state index in [1.165, 1.54) is 23.9 Å². The van der Waals surface area contributed by atoms with Crippen LogP contribution in [0.15, 0.2) is 30.3 Å². The average Bonchev–Trinajstić information content (AvgIpc) is 2.42. The second-order valence-corrected chi connectivity index (χ2v) is 5.35. The lowest BCUT2D eigenvalue weighted by Gasteiger charge is -2.21. The molecular weight excluding hydrogens is 256 g/mol. The lowest BCUT2D eigenvalue weighted by atomic mass is 10.1. The Labute approximate surface area is 120 Å². The number of aromatic nitrogens is 1. The number of alkyl halides is 1. The third-order valence-corrected chi connectivity index (χ3v) is 3.63. The van der Waals surface area contributed by atoms with Crippen LogP contribution in [0.2, 0.25) is 0 Å². The number of rotatable bonds is 6. The SMILES string of the molecule is Cc1cc(N(C)CCCCCCl)c2ccccc2n1. The van der Waals surface area contributed by atoms with Gasteiger partial charge >= 0.3 is 0 Å². The van der Waals surface area contributed by atoms with Gasteiger partial charge in [-0.2, -0.15) is 0 Å². The molecule has 0 amide bonds. The van der Waals surface area contributed by atoms with Crippen molar-refractivity contribution in [2.75, 3.05) is 24.4 Å². The quantitative estimate of drug-likeness (QED) is 0.575. The van der Waals surface area contributed by atoms with Crippen LogP contribution in [0.3, 0.4) is 0 Å². The van der Waals surface area contributed by atoms with Crippen molar-refractivity contribution in [2.45, 2.75) is 26.2 Å². The summed E-state index contributed by atoms with van der Waals surface area (Å²) in [5.74, 6) is 0.765. The van der Waals surface area contributed by atoms with Crippen LogP contribution in [-0.4, -0.2) is 24.5 Å². The van der Waals surface area contributed by atoms with Crippen molar-refractivity contribution in [1.29, 1.82) is 0 Å². The molecule has 0 fully saturated rings. The molecule has 0 aliphatic carbocycles. The number of pyridine rings is 1. The van der Waals surface area contributed by atoms with E-state index in [0.29, 0.717) is 0 Å². The summed E-state index contributed by atoms with van der Waals surface area (Å²) in [5.41, 5.74) is 3.42. The van der Waals surface area contributed by atoms with E-state index < -0.39 is 0 Å². The minimum atomic E-state index is 0.765. The Morgan fingerprint density at radius 2 is 1.95 bits per heavy atom. The summed E-state index contributed by atoms with van der Waals surface area (Å²) >= 11 is 5.71. The molecule has 1 aromatic heterocycles. The number of aryl methyl sites for hydroxylation is 1. The Morgan fingerprint density at radius 1 is 1.16 bits per heavy atom. The van der Waals surface area contributed by atoms with E-state index in [4.69, 9.17) is 11.6 Å². The van der Waals surface area contributed by atoms with Crippen molar-refractivity contribution in [3.8, 4) is 0 Å². The number of anilines is 1. The molecule has 0 aliphatic rings. The Balaban J connectivity index is 2.18. The number of fused-ring (bicyclic) bond motifs is 1. The highest BCUT2D eigenvalue weighted by molar-refractivity contribution is 6.17. The molecule has 0 saturated carbocycles. The number of benzene rings is 1. The van der Waals surface area contributed by atoms with Gasteiger partial charge in [0, 0.05) is 36.2 Å². The third kappa shape index (κ3) is 3.60. The maximum absolute atomic E-state index is 5.71. The molecule has 0 saturated heterocycles. The first kappa shape index (κ1) is 14.1. The number of unbranched alkanes of at least 4 members (excludes halogenated alkanes) is 2. The van der Waals surface area contributed by atoms with E-state index in [1.807, 2.05) is 6.07 Å². The highest BCUT2D eigenvalue weighted by atomic mass is 35.5. The van der Waals surface area contributed by atoms with E-state index in [2.05, 4.69) is 48.1 Å². The van der Waals surface area contributed by atoms with Crippen LogP contribution in [0.25, 0.3) is 10.9 Å². The molecule has 1 heterocycles. The van der Waals surface area contributed by atoms with Gasteiger partial charge in [0.15, 0.2) is 0 Å². The maximum Gasteiger partial charge on any atom is 0.0726 e. The van der Waals surface area contributed by atoms with E-state index in [0.717, 1.165) is 30.1 Å². The zero-order chi connectivity index (χ0) is 13.7. The molecule has 102 valence electrons. The van der Waals surface area contributed by atoms with Crippen LogP contribution in [0, 0.1) is 6.92 Å². The molecule has 0 unspecified atom stereocenters. The first-order chi connectivity index (χ1) is 9.22. The highest BCUT2D eigenvalue weighted by Gasteiger charge is 2.07. The van der Waals surface area contributed by atoms with Crippen LogP contribution in [0.4, 0.5) is 5.69 Å². The summed E-state index contributed by atoms with van der Waals surface area (Å²) in [5, 5.41) is 1.23. The van der Waals surface area contributed by atoms with E-state index >= 15 is 0 Å². The van der Waals surface area contributed by atoms with Crippen LogP contribution in [0.5, 0.6) is 0 Å². The Bertz CT molecular complexity index is 539. The van der Waals surface area contributed by atoms with Gasteiger partial charge in [0.05, 0.1) is 5.52 Å². The summed E-state index contributed by atoms with van der Waals surface area (Å²) in [6.45, 7) is 3.11. The molecular formula is C16H21ClN2. The summed E-state index contributed by atoms with van der Waals surface area (Å²) in [6, 6.07) is 10.5.